The Hall–Kier alpha value is -0.750. The second-order valence-electron chi connectivity index (χ2n) is 3.91. The number of hydrogen-bond donors (Lipinski definition) is 0. The lowest BCUT2D eigenvalue weighted by Gasteiger charge is -2.04. The molecule has 0 aliphatic heterocycles. The van der Waals surface area contributed by atoms with Gasteiger partial charge in [-0.2, -0.15) is 0 Å². The highest BCUT2D eigenvalue weighted by Gasteiger charge is 2.11. The van der Waals surface area contributed by atoms with Crippen LogP contribution in [0.2, 0.25) is 0 Å². The van der Waals surface area contributed by atoms with E-state index in [1.54, 1.807) is 18.4 Å². The van der Waals surface area contributed by atoms with E-state index < -0.39 is 0 Å². The van der Waals surface area contributed by atoms with Crippen LogP contribution in [0.5, 0.6) is 0 Å². The van der Waals surface area contributed by atoms with Crippen LogP contribution in [0.3, 0.4) is 0 Å². The van der Waals surface area contributed by atoms with Gasteiger partial charge in [0.25, 0.3) is 0 Å². The van der Waals surface area contributed by atoms with E-state index >= 15 is 0 Å². The number of thiophene rings is 1. The quantitative estimate of drug-likeness (QED) is 0.511. The minimum absolute atomic E-state index is 0.0359. The molecular weight excluding hydrogens is 252 g/mol. The van der Waals surface area contributed by atoms with Crippen LogP contribution < -0.4 is 0 Å². The number of aryl methyl sites for hydroxylation is 2. The molecule has 0 spiro atoms. The van der Waals surface area contributed by atoms with Gasteiger partial charge in [0.05, 0.1) is 26.4 Å². The lowest BCUT2D eigenvalue weighted by molar-refractivity contribution is 0.0253. The second kappa shape index (κ2) is 8.37. The van der Waals surface area contributed by atoms with Crippen LogP contribution in [-0.4, -0.2) is 45.9 Å². The van der Waals surface area contributed by atoms with Crippen LogP contribution in [0.25, 0.3) is 0 Å². The molecule has 1 rings (SSSR count). The van der Waals surface area contributed by atoms with Gasteiger partial charge in [-0.3, -0.25) is 4.79 Å². The van der Waals surface area contributed by atoms with Gasteiger partial charge >= 0.3 is 0 Å². The van der Waals surface area contributed by atoms with Gasteiger partial charge in [-0.1, -0.05) is 0 Å². The third-order valence-corrected chi connectivity index (χ3v) is 3.34. The summed E-state index contributed by atoms with van der Waals surface area (Å²) in [7, 11) is 1.63. The fraction of sp³-hybridized carbons (Fsp3) is 0.615. The third-order valence-electron chi connectivity index (χ3n) is 2.38. The minimum Gasteiger partial charge on any atom is -0.382 e. The summed E-state index contributed by atoms with van der Waals surface area (Å²) < 4.78 is 15.4. The van der Waals surface area contributed by atoms with E-state index in [1.807, 2.05) is 19.9 Å². The van der Waals surface area contributed by atoms with Crippen LogP contribution in [0, 0.1) is 13.8 Å². The summed E-state index contributed by atoms with van der Waals surface area (Å²) >= 11 is 1.64. The normalized spacial score (nSPS) is 10.8. The van der Waals surface area contributed by atoms with Gasteiger partial charge < -0.3 is 14.2 Å². The summed E-state index contributed by atoms with van der Waals surface area (Å²) in [6.45, 7) is 6.11. The Kier molecular flexibility index (Phi) is 7.12. The molecule has 0 aliphatic rings. The number of methoxy groups -OCH3 is 1. The number of rotatable bonds is 9. The standard InChI is InChI=1S/C13H20O4S/c1-10-8-12(11(2)18-10)13(14)9-17-7-6-16-5-4-15-3/h8H,4-7,9H2,1-3H3. The number of Topliss-reactive ketones (excluding diaryl/α,β-unsaturated/α-hetero) is 1. The zero-order valence-corrected chi connectivity index (χ0v) is 12.0. The summed E-state index contributed by atoms with van der Waals surface area (Å²) in [4.78, 5) is 14.0. The van der Waals surface area contributed by atoms with Crippen molar-refractivity contribution in [3.63, 3.8) is 0 Å². The molecule has 1 heterocycles. The van der Waals surface area contributed by atoms with Crippen molar-refractivity contribution in [1.82, 2.24) is 0 Å². The monoisotopic (exact) mass is 272 g/mol. The highest BCUT2D eigenvalue weighted by Crippen LogP contribution is 2.20. The first-order valence-corrected chi connectivity index (χ1v) is 6.71. The molecule has 0 atom stereocenters. The van der Waals surface area contributed by atoms with E-state index in [4.69, 9.17) is 14.2 Å². The van der Waals surface area contributed by atoms with Crippen LogP contribution in [-0.2, 0) is 14.2 Å². The van der Waals surface area contributed by atoms with E-state index in [9.17, 15) is 4.79 Å². The Morgan fingerprint density at radius 1 is 1.17 bits per heavy atom. The van der Waals surface area contributed by atoms with Crippen molar-refractivity contribution in [2.45, 2.75) is 13.8 Å². The maximum Gasteiger partial charge on any atom is 0.189 e. The van der Waals surface area contributed by atoms with Crippen molar-refractivity contribution >= 4 is 17.1 Å². The number of hydrogen-bond acceptors (Lipinski definition) is 5. The van der Waals surface area contributed by atoms with Crippen molar-refractivity contribution < 1.29 is 19.0 Å². The van der Waals surface area contributed by atoms with E-state index in [1.165, 1.54) is 0 Å². The smallest absolute Gasteiger partial charge is 0.189 e. The van der Waals surface area contributed by atoms with Crippen molar-refractivity contribution in [1.29, 1.82) is 0 Å². The lowest BCUT2D eigenvalue weighted by Crippen LogP contribution is -2.13. The summed E-state index contributed by atoms with van der Waals surface area (Å²) in [5, 5.41) is 0. The second-order valence-corrected chi connectivity index (χ2v) is 5.37. The molecule has 0 amide bonds. The Morgan fingerprint density at radius 2 is 1.83 bits per heavy atom. The molecule has 0 fully saturated rings. The molecule has 0 aromatic carbocycles. The predicted octanol–water partition coefficient (Wildman–Crippen LogP) is 2.23. The SMILES string of the molecule is COCCOCCOCC(=O)c1cc(C)sc1C. The maximum absolute atomic E-state index is 11.8. The fourth-order valence-electron chi connectivity index (χ4n) is 1.51. The molecule has 0 bridgehead atoms. The molecule has 1 aromatic rings. The average molecular weight is 272 g/mol. The molecule has 1 aromatic heterocycles. The van der Waals surface area contributed by atoms with Gasteiger partial charge in [0.1, 0.15) is 6.61 Å². The molecule has 5 heteroatoms. The molecule has 0 saturated carbocycles. The third kappa shape index (κ3) is 5.27. The summed E-state index contributed by atoms with van der Waals surface area (Å²) in [6, 6.07) is 1.92. The summed E-state index contributed by atoms with van der Waals surface area (Å²) in [5.41, 5.74) is 0.776. The highest BCUT2D eigenvalue weighted by atomic mass is 32.1. The van der Waals surface area contributed by atoms with E-state index in [-0.39, 0.29) is 12.4 Å². The zero-order valence-electron chi connectivity index (χ0n) is 11.2. The summed E-state index contributed by atoms with van der Waals surface area (Å²) in [6.07, 6.45) is 0. The molecule has 102 valence electrons. The average Bonchev–Trinajstić information content (AvgIpc) is 2.67. The number of ether oxygens (including phenoxy) is 3. The Labute approximate surface area is 112 Å². The highest BCUT2D eigenvalue weighted by molar-refractivity contribution is 7.12. The van der Waals surface area contributed by atoms with Gasteiger partial charge in [0.2, 0.25) is 0 Å². The number of carbonyl (C=O) groups excluding carboxylic acids is 1. The van der Waals surface area contributed by atoms with Crippen LogP contribution in [0.4, 0.5) is 0 Å². The van der Waals surface area contributed by atoms with Crippen molar-refractivity contribution in [2.75, 3.05) is 40.1 Å². The first-order valence-electron chi connectivity index (χ1n) is 5.89. The van der Waals surface area contributed by atoms with Crippen molar-refractivity contribution in [2.24, 2.45) is 0 Å². The fourth-order valence-corrected chi connectivity index (χ4v) is 2.45. The molecule has 0 N–H and O–H groups in total. The molecule has 0 saturated heterocycles. The van der Waals surface area contributed by atoms with Gasteiger partial charge in [-0.25, -0.2) is 0 Å². The maximum atomic E-state index is 11.8. The number of carbonyl (C=O) groups is 1. The topological polar surface area (TPSA) is 44.8 Å². The lowest BCUT2D eigenvalue weighted by atomic mass is 10.2. The van der Waals surface area contributed by atoms with Crippen LogP contribution in [0.15, 0.2) is 6.07 Å². The molecule has 0 unspecified atom stereocenters. The van der Waals surface area contributed by atoms with Gasteiger partial charge in [-0.05, 0) is 19.9 Å². The Bertz CT molecular complexity index is 373. The van der Waals surface area contributed by atoms with Crippen LogP contribution in [0.1, 0.15) is 20.1 Å². The van der Waals surface area contributed by atoms with Gasteiger partial charge in [-0.15, -0.1) is 11.3 Å². The minimum atomic E-state index is 0.0359. The van der Waals surface area contributed by atoms with E-state index in [2.05, 4.69) is 0 Å². The largest absolute Gasteiger partial charge is 0.382 e. The predicted molar refractivity (Wildman–Crippen MR) is 71.6 cm³/mol. The molecule has 0 radical (unpaired) electrons. The first-order chi connectivity index (χ1) is 8.65. The molecule has 18 heavy (non-hydrogen) atoms. The van der Waals surface area contributed by atoms with E-state index in [0.29, 0.717) is 26.4 Å². The Morgan fingerprint density at radius 3 is 2.44 bits per heavy atom. The Balaban J connectivity index is 2.16. The van der Waals surface area contributed by atoms with Gasteiger partial charge in [0.15, 0.2) is 5.78 Å². The van der Waals surface area contributed by atoms with Crippen molar-refractivity contribution in [3.05, 3.63) is 21.4 Å². The molecule has 4 nitrogen and oxygen atoms in total. The molecular formula is C13H20O4S. The van der Waals surface area contributed by atoms with E-state index in [0.717, 1.165) is 15.3 Å². The summed E-state index contributed by atoms with van der Waals surface area (Å²) in [5.74, 6) is 0.0359. The zero-order chi connectivity index (χ0) is 13.4. The van der Waals surface area contributed by atoms with Crippen LogP contribution >= 0.6 is 11.3 Å². The van der Waals surface area contributed by atoms with Crippen molar-refractivity contribution in [3.8, 4) is 0 Å². The van der Waals surface area contributed by atoms with Gasteiger partial charge in [0, 0.05) is 22.4 Å². The number of ketones is 1. The first kappa shape index (κ1) is 15.3. The molecule has 0 aliphatic carbocycles.